The molecule has 0 aliphatic rings. The van der Waals surface area contributed by atoms with Gasteiger partial charge in [-0.15, -0.1) is 0 Å². The van der Waals surface area contributed by atoms with E-state index in [1.807, 2.05) is 42.3 Å². The Labute approximate surface area is 207 Å². The lowest BCUT2D eigenvalue weighted by Gasteiger charge is -2.21. The minimum absolute atomic E-state index is 0.127. The van der Waals surface area contributed by atoms with Crippen LogP contribution in [0.2, 0.25) is 5.02 Å². The standard InChI is InChI=1S/C26H22ClN5O3/c1-3-35-25-13-22-20(12-24(25)32(33)34)26(18(14-28)15-29-22)30-19-9-10-23(21(27)11-19)31(2)16-17-7-5-4-6-8-17/h4-13,15H,3,16H2,1-2H3,(H,29,30). The molecule has 0 atom stereocenters. The van der Waals surface area contributed by atoms with Crippen molar-refractivity contribution in [3.8, 4) is 11.8 Å². The summed E-state index contributed by atoms with van der Waals surface area (Å²) in [6.45, 7) is 2.71. The van der Waals surface area contributed by atoms with E-state index in [1.54, 1.807) is 13.0 Å². The quantitative estimate of drug-likeness (QED) is 0.225. The van der Waals surface area contributed by atoms with Gasteiger partial charge in [-0.05, 0) is 30.7 Å². The normalized spacial score (nSPS) is 10.6. The summed E-state index contributed by atoms with van der Waals surface area (Å²) in [6, 6.07) is 20.5. The average Bonchev–Trinajstić information content (AvgIpc) is 2.84. The van der Waals surface area contributed by atoms with Gasteiger partial charge in [0.2, 0.25) is 0 Å². The van der Waals surface area contributed by atoms with Gasteiger partial charge in [0.1, 0.15) is 6.07 Å². The van der Waals surface area contributed by atoms with E-state index in [2.05, 4.69) is 28.5 Å². The number of fused-ring (bicyclic) bond motifs is 1. The Morgan fingerprint density at radius 3 is 2.63 bits per heavy atom. The SMILES string of the molecule is CCOc1cc2ncc(C#N)c(Nc3ccc(N(C)Cc4ccccc4)c(Cl)c3)c2cc1[N+](=O)[O-]. The molecule has 1 aromatic heterocycles. The van der Waals surface area contributed by atoms with Crippen molar-refractivity contribution < 1.29 is 9.66 Å². The molecular formula is C26H22ClN5O3. The van der Waals surface area contributed by atoms with Gasteiger partial charge in [-0.1, -0.05) is 41.9 Å². The van der Waals surface area contributed by atoms with Gasteiger partial charge >= 0.3 is 5.69 Å². The number of anilines is 3. The number of pyridine rings is 1. The number of halogens is 1. The maximum absolute atomic E-state index is 11.6. The Morgan fingerprint density at radius 2 is 1.97 bits per heavy atom. The second-order valence-corrected chi connectivity index (χ2v) is 8.23. The number of hydrogen-bond donors (Lipinski definition) is 1. The Bertz CT molecular complexity index is 1440. The van der Waals surface area contributed by atoms with Gasteiger partial charge in [0.15, 0.2) is 5.75 Å². The number of nitrogens with zero attached hydrogens (tertiary/aromatic N) is 4. The molecule has 4 rings (SSSR count). The fourth-order valence-electron chi connectivity index (χ4n) is 3.82. The third kappa shape index (κ3) is 5.10. The molecule has 0 bridgehead atoms. The van der Waals surface area contributed by atoms with E-state index in [4.69, 9.17) is 16.3 Å². The fraction of sp³-hybridized carbons (Fsp3) is 0.154. The first-order chi connectivity index (χ1) is 16.9. The first kappa shape index (κ1) is 23.8. The smallest absolute Gasteiger partial charge is 0.311 e. The lowest BCUT2D eigenvalue weighted by molar-refractivity contribution is -0.385. The molecule has 9 heteroatoms. The zero-order valence-electron chi connectivity index (χ0n) is 19.2. The number of nitro groups is 1. The van der Waals surface area contributed by atoms with Crippen LogP contribution in [0, 0.1) is 21.4 Å². The van der Waals surface area contributed by atoms with E-state index in [-0.39, 0.29) is 23.6 Å². The molecular weight excluding hydrogens is 466 g/mol. The molecule has 0 aliphatic heterocycles. The van der Waals surface area contributed by atoms with E-state index in [0.29, 0.717) is 33.8 Å². The number of nitro benzene ring substituents is 1. The molecule has 0 aliphatic carbocycles. The molecule has 8 nitrogen and oxygen atoms in total. The van der Waals surface area contributed by atoms with Crippen molar-refractivity contribution in [3.05, 3.63) is 93.1 Å². The Kier molecular flexibility index (Phi) is 6.99. The maximum Gasteiger partial charge on any atom is 0.311 e. The van der Waals surface area contributed by atoms with Crippen LogP contribution >= 0.6 is 11.6 Å². The van der Waals surface area contributed by atoms with Crippen LogP contribution in [0.15, 0.2) is 66.9 Å². The van der Waals surface area contributed by atoms with Gasteiger partial charge in [0.25, 0.3) is 0 Å². The van der Waals surface area contributed by atoms with E-state index in [9.17, 15) is 15.4 Å². The van der Waals surface area contributed by atoms with Crippen molar-refractivity contribution in [3.63, 3.8) is 0 Å². The Balaban J connectivity index is 1.70. The maximum atomic E-state index is 11.6. The zero-order valence-corrected chi connectivity index (χ0v) is 19.9. The summed E-state index contributed by atoms with van der Waals surface area (Å²) in [7, 11) is 1.96. The summed E-state index contributed by atoms with van der Waals surface area (Å²) in [5.74, 6) is 0.127. The van der Waals surface area contributed by atoms with Crippen LogP contribution in [-0.2, 0) is 6.54 Å². The van der Waals surface area contributed by atoms with Crippen molar-refractivity contribution >= 4 is 45.3 Å². The molecule has 1 heterocycles. The van der Waals surface area contributed by atoms with Gasteiger partial charge in [-0.3, -0.25) is 15.1 Å². The largest absolute Gasteiger partial charge is 0.487 e. The van der Waals surface area contributed by atoms with Crippen molar-refractivity contribution in [1.82, 2.24) is 4.98 Å². The summed E-state index contributed by atoms with van der Waals surface area (Å²) in [5, 5.41) is 25.5. The van der Waals surface area contributed by atoms with Crippen molar-refractivity contribution in [2.45, 2.75) is 13.5 Å². The number of nitrogens with one attached hydrogen (secondary N) is 1. The third-order valence-corrected chi connectivity index (χ3v) is 5.76. The predicted octanol–water partition coefficient (Wildman–Crippen LogP) is 6.45. The molecule has 176 valence electrons. The number of hydrogen-bond acceptors (Lipinski definition) is 7. The van der Waals surface area contributed by atoms with Crippen LogP contribution in [-0.4, -0.2) is 23.6 Å². The number of rotatable bonds is 8. The molecule has 0 saturated heterocycles. The summed E-state index contributed by atoms with van der Waals surface area (Å²) in [6.07, 6.45) is 1.43. The lowest BCUT2D eigenvalue weighted by Crippen LogP contribution is -2.16. The van der Waals surface area contributed by atoms with Gasteiger partial charge in [-0.2, -0.15) is 5.26 Å². The third-order valence-electron chi connectivity index (χ3n) is 5.46. The van der Waals surface area contributed by atoms with Gasteiger partial charge in [-0.25, -0.2) is 0 Å². The monoisotopic (exact) mass is 487 g/mol. The van der Waals surface area contributed by atoms with Crippen LogP contribution in [0.4, 0.5) is 22.7 Å². The van der Waals surface area contributed by atoms with E-state index in [0.717, 1.165) is 11.3 Å². The van der Waals surface area contributed by atoms with Crippen LogP contribution in [0.3, 0.4) is 0 Å². The highest BCUT2D eigenvalue weighted by Gasteiger charge is 2.20. The van der Waals surface area contributed by atoms with Gasteiger partial charge < -0.3 is 15.0 Å². The van der Waals surface area contributed by atoms with Crippen molar-refractivity contribution in [2.24, 2.45) is 0 Å². The molecule has 1 N–H and O–H groups in total. The van der Waals surface area contributed by atoms with Gasteiger partial charge in [0.05, 0.1) is 39.0 Å². The average molecular weight is 488 g/mol. The molecule has 0 amide bonds. The highest BCUT2D eigenvalue weighted by Crippen LogP contribution is 2.38. The molecule has 0 radical (unpaired) electrons. The predicted molar refractivity (Wildman–Crippen MR) is 138 cm³/mol. The van der Waals surface area contributed by atoms with E-state index < -0.39 is 4.92 Å². The van der Waals surface area contributed by atoms with Gasteiger partial charge in [0, 0.05) is 43.0 Å². The number of aromatic nitrogens is 1. The summed E-state index contributed by atoms with van der Waals surface area (Å²) >= 11 is 6.61. The first-order valence-electron chi connectivity index (χ1n) is 10.9. The number of nitriles is 1. The van der Waals surface area contributed by atoms with Crippen LogP contribution in [0.1, 0.15) is 18.1 Å². The molecule has 0 spiro atoms. The van der Waals surface area contributed by atoms with Crippen LogP contribution < -0.4 is 15.0 Å². The molecule has 0 unspecified atom stereocenters. The topological polar surface area (TPSA) is 104 Å². The summed E-state index contributed by atoms with van der Waals surface area (Å²) < 4.78 is 5.43. The van der Waals surface area contributed by atoms with Crippen molar-refractivity contribution in [1.29, 1.82) is 5.26 Å². The number of benzene rings is 3. The second-order valence-electron chi connectivity index (χ2n) is 7.82. The first-order valence-corrected chi connectivity index (χ1v) is 11.2. The molecule has 0 saturated carbocycles. The highest BCUT2D eigenvalue weighted by molar-refractivity contribution is 6.33. The van der Waals surface area contributed by atoms with Crippen LogP contribution in [0.5, 0.6) is 5.75 Å². The van der Waals surface area contributed by atoms with E-state index >= 15 is 0 Å². The Morgan fingerprint density at radius 1 is 1.20 bits per heavy atom. The summed E-state index contributed by atoms with van der Waals surface area (Å²) in [5.41, 5.74) is 3.55. The molecule has 3 aromatic carbocycles. The minimum atomic E-state index is -0.512. The van der Waals surface area contributed by atoms with Crippen LogP contribution in [0.25, 0.3) is 10.9 Å². The molecule has 4 aromatic rings. The summed E-state index contributed by atoms with van der Waals surface area (Å²) in [4.78, 5) is 17.5. The minimum Gasteiger partial charge on any atom is -0.487 e. The van der Waals surface area contributed by atoms with Crippen molar-refractivity contribution in [2.75, 3.05) is 23.9 Å². The van der Waals surface area contributed by atoms with E-state index in [1.165, 1.54) is 18.3 Å². The molecule has 0 fully saturated rings. The fourth-order valence-corrected chi connectivity index (χ4v) is 4.15. The zero-order chi connectivity index (χ0) is 24.9. The lowest BCUT2D eigenvalue weighted by atomic mass is 10.1. The Hall–Kier alpha value is -4.35. The number of ether oxygens (including phenoxy) is 1. The second kappa shape index (κ2) is 10.3. The highest BCUT2D eigenvalue weighted by atomic mass is 35.5. The molecule has 35 heavy (non-hydrogen) atoms.